The number of alkyl halides is 3. The number of nitrogens with zero attached hydrogens (tertiary/aromatic N) is 3. The van der Waals surface area contributed by atoms with E-state index in [1.54, 1.807) is 42.8 Å². The highest BCUT2D eigenvalue weighted by Gasteiger charge is 2.30. The Bertz CT molecular complexity index is 1090. The van der Waals surface area contributed by atoms with Gasteiger partial charge in [0, 0.05) is 39.5 Å². The molecule has 9 heteroatoms. The molecule has 0 bridgehead atoms. The Kier molecular flexibility index (Phi) is 5.88. The van der Waals surface area contributed by atoms with Crippen LogP contribution in [0, 0.1) is 13.8 Å². The Labute approximate surface area is 173 Å². The second-order valence-corrected chi connectivity index (χ2v) is 7.22. The molecule has 29 heavy (non-hydrogen) atoms. The molecule has 1 N–H and O–H groups in total. The highest BCUT2D eigenvalue weighted by molar-refractivity contribution is 9.10. The lowest BCUT2D eigenvalue weighted by molar-refractivity contribution is -0.137. The molecule has 0 unspecified atom stereocenters. The number of pyridine rings is 1. The summed E-state index contributed by atoms with van der Waals surface area (Å²) in [7, 11) is 0. The standard InChI is InChI=1S/C20H16BrF3N4O/c1-12-6-14(10-26-27-19(29)15-7-17(21)11-25-9-15)13(2)28(12)18-5-3-4-16(8-18)20(22,23)24/h3-11H,1-2H3,(H,27,29). The van der Waals surface area contributed by atoms with E-state index in [2.05, 4.69) is 31.4 Å². The van der Waals surface area contributed by atoms with Crippen molar-refractivity contribution in [3.63, 3.8) is 0 Å². The number of hydrogen-bond donors (Lipinski definition) is 1. The summed E-state index contributed by atoms with van der Waals surface area (Å²) in [5.41, 5.74) is 4.55. The van der Waals surface area contributed by atoms with Crippen LogP contribution in [0.5, 0.6) is 0 Å². The molecular weight excluding hydrogens is 449 g/mol. The molecule has 2 aromatic heterocycles. The topological polar surface area (TPSA) is 59.3 Å². The van der Waals surface area contributed by atoms with Gasteiger partial charge in [-0.3, -0.25) is 9.78 Å². The number of nitrogens with one attached hydrogen (secondary N) is 1. The van der Waals surface area contributed by atoms with Crippen LogP contribution in [0.25, 0.3) is 5.69 Å². The van der Waals surface area contributed by atoms with Crippen LogP contribution in [0.2, 0.25) is 0 Å². The number of carbonyl (C=O) groups excluding carboxylic acids is 1. The summed E-state index contributed by atoms with van der Waals surface area (Å²) in [5.74, 6) is -0.429. The van der Waals surface area contributed by atoms with Crippen LogP contribution >= 0.6 is 15.9 Å². The molecule has 2 heterocycles. The predicted molar refractivity (Wildman–Crippen MR) is 107 cm³/mol. The molecule has 0 atom stereocenters. The van der Waals surface area contributed by atoms with Crippen LogP contribution in [-0.2, 0) is 6.18 Å². The van der Waals surface area contributed by atoms with Crippen molar-refractivity contribution in [1.82, 2.24) is 15.0 Å². The number of amides is 1. The van der Waals surface area contributed by atoms with Gasteiger partial charge in [-0.05, 0) is 60.1 Å². The molecular formula is C20H16BrF3N4O. The van der Waals surface area contributed by atoms with E-state index in [0.717, 1.165) is 17.8 Å². The van der Waals surface area contributed by atoms with Crippen molar-refractivity contribution in [3.8, 4) is 5.69 Å². The summed E-state index contributed by atoms with van der Waals surface area (Å²) < 4.78 is 41.4. The smallest absolute Gasteiger partial charge is 0.318 e. The number of aromatic nitrogens is 2. The molecule has 3 rings (SSSR count). The summed E-state index contributed by atoms with van der Waals surface area (Å²) in [6, 6.07) is 8.51. The first-order chi connectivity index (χ1) is 13.7. The summed E-state index contributed by atoms with van der Waals surface area (Å²) in [6.45, 7) is 3.56. The minimum atomic E-state index is -4.42. The molecule has 1 aromatic carbocycles. The minimum absolute atomic E-state index is 0.339. The van der Waals surface area contributed by atoms with Crippen LogP contribution < -0.4 is 5.43 Å². The highest BCUT2D eigenvalue weighted by Crippen LogP contribution is 2.31. The Morgan fingerprint density at radius 2 is 1.97 bits per heavy atom. The van der Waals surface area contributed by atoms with E-state index in [1.807, 2.05) is 0 Å². The maximum atomic E-state index is 13.0. The molecule has 0 saturated heterocycles. The van der Waals surface area contributed by atoms with E-state index in [1.165, 1.54) is 18.5 Å². The molecule has 0 fully saturated rings. The van der Waals surface area contributed by atoms with Crippen molar-refractivity contribution in [2.24, 2.45) is 5.10 Å². The number of rotatable bonds is 4. The third-order valence-corrected chi connectivity index (χ3v) is 4.67. The Morgan fingerprint density at radius 3 is 2.66 bits per heavy atom. The van der Waals surface area contributed by atoms with Crippen LogP contribution in [-0.4, -0.2) is 21.7 Å². The molecule has 0 aliphatic rings. The van der Waals surface area contributed by atoms with E-state index in [4.69, 9.17) is 0 Å². The van der Waals surface area contributed by atoms with Gasteiger partial charge >= 0.3 is 6.18 Å². The van der Waals surface area contributed by atoms with E-state index in [0.29, 0.717) is 27.0 Å². The zero-order valence-electron chi connectivity index (χ0n) is 15.5. The molecule has 150 valence electrons. The van der Waals surface area contributed by atoms with Gasteiger partial charge < -0.3 is 4.57 Å². The third kappa shape index (κ3) is 4.73. The van der Waals surface area contributed by atoms with E-state index < -0.39 is 17.6 Å². The largest absolute Gasteiger partial charge is 0.416 e. The van der Waals surface area contributed by atoms with Crippen molar-refractivity contribution in [2.45, 2.75) is 20.0 Å². The Balaban J connectivity index is 1.83. The molecule has 1 amide bonds. The monoisotopic (exact) mass is 464 g/mol. The van der Waals surface area contributed by atoms with Gasteiger partial charge in [0.05, 0.1) is 17.3 Å². The fourth-order valence-electron chi connectivity index (χ4n) is 2.90. The lowest BCUT2D eigenvalue weighted by Crippen LogP contribution is -2.17. The van der Waals surface area contributed by atoms with Gasteiger partial charge in [0.2, 0.25) is 0 Å². The summed E-state index contributed by atoms with van der Waals surface area (Å²) in [6.07, 6.45) is 0.00833. The quantitative estimate of drug-likeness (QED) is 0.434. The first-order valence-corrected chi connectivity index (χ1v) is 9.26. The molecule has 0 aliphatic carbocycles. The van der Waals surface area contributed by atoms with Crippen LogP contribution in [0.15, 0.2) is 58.4 Å². The number of carbonyl (C=O) groups is 1. The van der Waals surface area contributed by atoms with Crippen LogP contribution in [0.4, 0.5) is 13.2 Å². The first-order valence-electron chi connectivity index (χ1n) is 8.47. The van der Waals surface area contributed by atoms with Gasteiger partial charge in [0.25, 0.3) is 5.91 Å². The average Bonchev–Trinajstić information content (AvgIpc) is 2.94. The maximum absolute atomic E-state index is 13.0. The Morgan fingerprint density at radius 1 is 1.21 bits per heavy atom. The van der Waals surface area contributed by atoms with Gasteiger partial charge in [-0.25, -0.2) is 5.43 Å². The molecule has 0 radical (unpaired) electrons. The SMILES string of the molecule is Cc1cc(C=NNC(=O)c2cncc(Br)c2)c(C)n1-c1cccc(C(F)(F)F)c1. The fraction of sp³-hybridized carbons (Fsp3) is 0.150. The zero-order chi connectivity index (χ0) is 21.2. The third-order valence-electron chi connectivity index (χ3n) is 4.24. The maximum Gasteiger partial charge on any atom is 0.416 e. The second-order valence-electron chi connectivity index (χ2n) is 6.30. The molecule has 0 spiro atoms. The highest BCUT2D eigenvalue weighted by atomic mass is 79.9. The molecule has 0 aliphatic heterocycles. The summed E-state index contributed by atoms with van der Waals surface area (Å²) >= 11 is 3.24. The first kappa shape index (κ1) is 20.8. The zero-order valence-corrected chi connectivity index (χ0v) is 17.0. The summed E-state index contributed by atoms with van der Waals surface area (Å²) in [4.78, 5) is 16.0. The average molecular weight is 465 g/mol. The molecule has 0 saturated carbocycles. The van der Waals surface area contributed by atoms with Gasteiger partial charge in [0.1, 0.15) is 0 Å². The second kappa shape index (κ2) is 8.20. The van der Waals surface area contributed by atoms with Crippen molar-refractivity contribution in [2.75, 3.05) is 0 Å². The number of halogens is 4. The summed E-state index contributed by atoms with van der Waals surface area (Å²) in [5, 5.41) is 3.95. The number of hydrogen-bond acceptors (Lipinski definition) is 3. The van der Waals surface area contributed by atoms with Gasteiger partial charge in [0.15, 0.2) is 0 Å². The van der Waals surface area contributed by atoms with E-state index in [9.17, 15) is 18.0 Å². The molecule has 3 aromatic rings. The number of benzene rings is 1. The van der Waals surface area contributed by atoms with Crippen molar-refractivity contribution in [1.29, 1.82) is 0 Å². The van der Waals surface area contributed by atoms with Gasteiger partial charge in [-0.15, -0.1) is 0 Å². The van der Waals surface area contributed by atoms with E-state index >= 15 is 0 Å². The van der Waals surface area contributed by atoms with Crippen molar-refractivity contribution in [3.05, 3.63) is 81.3 Å². The lowest BCUT2D eigenvalue weighted by Gasteiger charge is -2.13. The van der Waals surface area contributed by atoms with Gasteiger partial charge in [-0.2, -0.15) is 18.3 Å². The predicted octanol–water partition coefficient (Wildman–Crippen LogP) is 5.03. The fourth-order valence-corrected chi connectivity index (χ4v) is 3.26. The van der Waals surface area contributed by atoms with Crippen LogP contribution in [0.1, 0.15) is 32.9 Å². The normalized spacial score (nSPS) is 11.8. The Hall–Kier alpha value is -2.94. The number of hydrazone groups is 1. The van der Waals surface area contributed by atoms with Crippen molar-refractivity contribution < 1.29 is 18.0 Å². The van der Waals surface area contributed by atoms with Crippen molar-refractivity contribution >= 4 is 28.1 Å². The van der Waals surface area contributed by atoms with Gasteiger partial charge in [-0.1, -0.05) is 6.07 Å². The lowest BCUT2D eigenvalue weighted by atomic mass is 10.2. The minimum Gasteiger partial charge on any atom is -0.318 e. The number of aryl methyl sites for hydroxylation is 1. The molecule has 5 nitrogen and oxygen atoms in total. The van der Waals surface area contributed by atoms with E-state index in [-0.39, 0.29) is 0 Å². The van der Waals surface area contributed by atoms with Crippen LogP contribution in [0.3, 0.4) is 0 Å².